The van der Waals surface area contributed by atoms with E-state index in [0.717, 1.165) is 56.1 Å². The highest BCUT2D eigenvalue weighted by Crippen LogP contribution is 2.64. The lowest BCUT2D eigenvalue weighted by Gasteiger charge is -2.56. The van der Waals surface area contributed by atoms with Gasteiger partial charge < -0.3 is 5.11 Å². The average Bonchev–Trinajstić information content (AvgIpc) is 2.95. The SMILES string of the molecule is C[C@]12CC[C@@H](O)CC1=CC[C@@H]1[C@@H]2CC[C@]2(C)C(=O)/C(=C/c3ccccc3Cl)C[C@@H]12. The van der Waals surface area contributed by atoms with Crippen molar-refractivity contribution in [2.45, 2.75) is 64.9 Å². The standard InChI is InChI=1S/C26H31ClO2/c1-25-11-9-19(28)15-18(25)7-8-20-21(25)10-12-26(2)22(20)14-17(24(26)29)13-16-5-3-4-6-23(16)27/h3-7,13,19-22,28H,8-12,14-15H2,1-2H3/b17-13+/t19-,20-,21+,22+,25+,26+/m1/s1. The topological polar surface area (TPSA) is 37.3 Å². The molecule has 0 spiro atoms. The van der Waals surface area contributed by atoms with Crippen LogP contribution in [0.15, 0.2) is 41.5 Å². The average molecular weight is 411 g/mol. The van der Waals surface area contributed by atoms with Crippen molar-refractivity contribution in [2.24, 2.45) is 28.6 Å². The number of halogens is 1. The lowest BCUT2D eigenvalue weighted by Crippen LogP contribution is -2.50. The summed E-state index contributed by atoms with van der Waals surface area (Å²) in [5.41, 5.74) is 3.38. The highest BCUT2D eigenvalue weighted by atomic mass is 35.5. The van der Waals surface area contributed by atoms with Gasteiger partial charge in [-0.25, -0.2) is 0 Å². The fraction of sp³-hybridized carbons (Fsp3) is 0.577. The van der Waals surface area contributed by atoms with Crippen LogP contribution in [0.5, 0.6) is 0 Å². The molecule has 0 heterocycles. The number of allylic oxidation sites excluding steroid dienone is 2. The van der Waals surface area contributed by atoms with Gasteiger partial charge in [0.2, 0.25) is 0 Å². The van der Waals surface area contributed by atoms with E-state index in [1.54, 1.807) is 0 Å². The number of hydrogen-bond donors (Lipinski definition) is 1. The molecule has 0 unspecified atom stereocenters. The molecule has 0 aromatic heterocycles. The van der Waals surface area contributed by atoms with Gasteiger partial charge in [0.15, 0.2) is 5.78 Å². The predicted octanol–water partition coefficient (Wildman–Crippen LogP) is 6.23. The molecule has 5 rings (SSSR count). The van der Waals surface area contributed by atoms with E-state index in [9.17, 15) is 9.90 Å². The Morgan fingerprint density at radius 2 is 1.83 bits per heavy atom. The first-order chi connectivity index (χ1) is 13.8. The molecule has 3 heteroatoms. The molecular weight excluding hydrogens is 380 g/mol. The largest absolute Gasteiger partial charge is 0.393 e. The summed E-state index contributed by atoms with van der Waals surface area (Å²) in [7, 11) is 0. The first-order valence-electron chi connectivity index (χ1n) is 11.2. The Bertz CT molecular complexity index is 915. The summed E-state index contributed by atoms with van der Waals surface area (Å²) >= 11 is 6.37. The second kappa shape index (κ2) is 6.82. The first-order valence-corrected chi connectivity index (χ1v) is 11.6. The molecule has 0 aliphatic heterocycles. The number of rotatable bonds is 1. The second-order valence-electron chi connectivity index (χ2n) is 10.3. The molecule has 3 fully saturated rings. The molecule has 6 atom stereocenters. The maximum absolute atomic E-state index is 13.5. The molecule has 1 aromatic rings. The van der Waals surface area contributed by atoms with Crippen molar-refractivity contribution in [1.29, 1.82) is 0 Å². The Hall–Kier alpha value is -1.38. The van der Waals surface area contributed by atoms with Crippen molar-refractivity contribution in [3.05, 3.63) is 52.1 Å². The lowest BCUT2D eigenvalue weighted by molar-refractivity contribution is -0.130. The van der Waals surface area contributed by atoms with Gasteiger partial charge in [-0.15, -0.1) is 0 Å². The van der Waals surface area contributed by atoms with E-state index >= 15 is 0 Å². The van der Waals surface area contributed by atoms with E-state index in [1.165, 1.54) is 5.57 Å². The number of aliphatic hydroxyl groups excluding tert-OH is 1. The molecule has 0 radical (unpaired) electrons. The molecule has 2 nitrogen and oxygen atoms in total. The van der Waals surface area contributed by atoms with Gasteiger partial charge >= 0.3 is 0 Å². The van der Waals surface area contributed by atoms with Gasteiger partial charge in [-0.3, -0.25) is 4.79 Å². The second-order valence-corrected chi connectivity index (χ2v) is 10.7. The Balaban J connectivity index is 1.49. The van der Waals surface area contributed by atoms with Crippen molar-refractivity contribution >= 4 is 23.5 Å². The highest BCUT2D eigenvalue weighted by Gasteiger charge is 2.59. The monoisotopic (exact) mass is 410 g/mol. The van der Waals surface area contributed by atoms with E-state index in [0.29, 0.717) is 28.6 Å². The molecule has 1 aromatic carbocycles. The first kappa shape index (κ1) is 19.6. The molecule has 0 amide bonds. The molecule has 0 saturated heterocycles. The van der Waals surface area contributed by atoms with Crippen LogP contribution >= 0.6 is 11.6 Å². The summed E-state index contributed by atoms with van der Waals surface area (Å²) in [5.74, 6) is 1.98. The number of aliphatic hydroxyl groups is 1. The predicted molar refractivity (Wildman–Crippen MR) is 118 cm³/mol. The molecule has 4 aliphatic rings. The fourth-order valence-corrected chi connectivity index (χ4v) is 7.41. The minimum Gasteiger partial charge on any atom is -0.393 e. The van der Waals surface area contributed by atoms with Crippen LogP contribution in [0.25, 0.3) is 6.08 Å². The summed E-state index contributed by atoms with van der Waals surface area (Å²) in [6.45, 7) is 4.65. The van der Waals surface area contributed by atoms with Crippen LogP contribution in [0.2, 0.25) is 5.02 Å². The van der Waals surface area contributed by atoms with E-state index < -0.39 is 0 Å². The van der Waals surface area contributed by atoms with Crippen LogP contribution in [-0.4, -0.2) is 17.0 Å². The van der Waals surface area contributed by atoms with Crippen LogP contribution in [0.3, 0.4) is 0 Å². The van der Waals surface area contributed by atoms with Crippen LogP contribution < -0.4 is 0 Å². The summed E-state index contributed by atoms with van der Waals surface area (Å²) < 4.78 is 0. The van der Waals surface area contributed by atoms with Gasteiger partial charge in [-0.1, -0.05) is 55.3 Å². The molecular formula is C26H31ClO2. The number of benzene rings is 1. The van der Waals surface area contributed by atoms with Crippen molar-refractivity contribution in [1.82, 2.24) is 0 Å². The summed E-state index contributed by atoms with van der Waals surface area (Å²) in [5, 5.41) is 10.9. The summed E-state index contributed by atoms with van der Waals surface area (Å²) in [4.78, 5) is 13.5. The van der Waals surface area contributed by atoms with Gasteiger partial charge in [0, 0.05) is 10.4 Å². The van der Waals surface area contributed by atoms with Gasteiger partial charge in [-0.05, 0) is 91.4 Å². The Kier molecular flexibility index (Phi) is 4.60. The smallest absolute Gasteiger partial charge is 0.165 e. The number of ketones is 1. The van der Waals surface area contributed by atoms with Crippen LogP contribution in [0.1, 0.15) is 64.4 Å². The zero-order valence-corrected chi connectivity index (χ0v) is 18.2. The number of Topliss-reactive ketones (excluding diaryl/α,β-unsaturated/α-hetero) is 1. The third-order valence-electron chi connectivity index (χ3n) is 8.95. The normalized spacial score (nSPS) is 42.8. The molecule has 29 heavy (non-hydrogen) atoms. The van der Waals surface area contributed by atoms with Crippen molar-refractivity contribution in [3.8, 4) is 0 Å². The van der Waals surface area contributed by atoms with E-state index in [1.807, 2.05) is 30.3 Å². The number of hydrogen-bond acceptors (Lipinski definition) is 2. The lowest BCUT2D eigenvalue weighted by atomic mass is 9.48. The van der Waals surface area contributed by atoms with E-state index in [4.69, 9.17) is 11.6 Å². The van der Waals surface area contributed by atoms with E-state index in [2.05, 4.69) is 19.9 Å². The third kappa shape index (κ3) is 2.90. The third-order valence-corrected chi connectivity index (χ3v) is 9.30. The number of fused-ring (bicyclic) bond motifs is 5. The minimum absolute atomic E-state index is 0.169. The van der Waals surface area contributed by atoms with Crippen molar-refractivity contribution in [2.75, 3.05) is 0 Å². The summed E-state index contributed by atoms with van der Waals surface area (Å²) in [6, 6.07) is 7.80. The van der Waals surface area contributed by atoms with Crippen LogP contribution in [0.4, 0.5) is 0 Å². The maximum atomic E-state index is 13.5. The maximum Gasteiger partial charge on any atom is 0.165 e. The highest BCUT2D eigenvalue weighted by molar-refractivity contribution is 6.32. The molecule has 3 saturated carbocycles. The summed E-state index contributed by atoms with van der Waals surface area (Å²) in [6.07, 6.45) is 11.2. The van der Waals surface area contributed by atoms with Crippen molar-refractivity contribution < 1.29 is 9.90 Å². The molecule has 0 bridgehead atoms. The van der Waals surface area contributed by atoms with E-state index in [-0.39, 0.29) is 16.9 Å². The molecule has 1 N–H and O–H groups in total. The number of carbonyl (C=O) groups is 1. The van der Waals surface area contributed by atoms with Crippen LogP contribution in [-0.2, 0) is 4.79 Å². The Morgan fingerprint density at radius 3 is 2.62 bits per heavy atom. The molecule has 4 aliphatic carbocycles. The van der Waals surface area contributed by atoms with Gasteiger partial charge in [0.1, 0.15) is 0 Å². The van der Waals surface area contributed by atoms with Gasteiger partial charge in [-0.2, -0.15) is 0 Å². The number of carbonyl (C=O) groups excluding carboxylic acids is 1. The zero-order chi connectivity index (χ0) is 20.4. The van der Waals surface area contributed by atoms with Crippen LogP contribution in [0, 0.1) is 28.6 Å². The minimum atomic E-state index is -0.232. The van der Waals surface area contributed by atoms with Gasteiger partial charge in [0.25, 0.3) is 0 Å². The fourth-order valence-electron chi connectivity index (χ4n) is 7.22. The zero-order valence-electron chi connectivity index (χ0n) is 17.5. The Labute approximate surface area is 179 Å². The van der Waals surface area contributed by atoms with Crippen molar-refractivity contribution in [3.63, 3.8) is 0 Å². The molecule has 154 valence electrons. The Morgan fingerprint density at radius 1 is 1.07 bits per heavy atom. The van der Waals surface area contributed by atoms with Gasteiger partial charge in [0.05, 0.1) is 6.10 Å². The quantitative estimate of drug-likeness (QED) is 0.440.